The Labute approximate surface area is 167 Å². The fraction of sp³-hybridized carbons (Fsp3) is 0.0417. The minimum atomic E-state index is 0.803. The van der Waals surface area contributed by atoms with E-state index in [2.05, 4.69) is 47.1 Å². The van der Waals surface area contributed by atoms with Crippen LogP contribution in [0.2, 0.25) is 0 Å². The van der Waals surface area contributed by atoms with Crippen molar-refractivity contribution in [1.82, 2.24) is 4.98 Å². The molecule has 0 saturated heterocycles. The van der Waals surface area contributed by atoms with E-state index in [9.17, 15) is 0 Å². The zero-order chi connectivity index (χ0) is 18.6. The first-order valence-corrected chi connectivity index (χ1v) is 9.55. The second-order valence-electron chi connectivity index (χ2n) is 6.31. The minimum Gasteiger partial charge on any atom is -0.457 e. The van der Waals surface area contributed by atoms with Crippen molar-refractivity contribution in [3.63, 3.8) is 0 Å². The van der Waals surface area contributed by atoms with Crippen LogP contribution in [0.15, 0.2) is 95.5 Å². The lowest BCUT2D eigenvalue weighted by Gasteiger charge is -2.11. The quantitative estimate of drug-likeness (QED) is 0.349. The summed E-state index contributed by atoms with van der Waals surface area (Å²) < 4.78 is 7.05. The lowest BCUT2D eigenvalue weighted by Crippen LogP contribution is -1.92. The summed E-state index contributed by atoms with van der Waals surface area (Å²) in [6.07, 6.45) is 0. The summed E-state index contributed by atoms with van der Waals surface area (Å²) in [4.78, 5) is 4.88. The minimum absolute atomic E-state index is 0.803. The first kappa shape index (κ1) is 17.5. The predicted molar refractivity (Wildman–Crippen MR) is 114 cm³/mol. The highest BCUT2D eigenvalue weighted by molar-refractivity contribution is 9.10. The van der Waals surface area contributed by atoms with Crippen molar-refractivity contribution in [2.45, 2.75) is 6.92 Å². The zero-order valence-corrected chi connectivity index (χ0v) is 16.5. The van der Waals surface area contributed by atoms with E-state index < -0.39 is 0 Å². The Morgan fingerprint density at radius 3 is 2.22 bits per heavy atom. The third-order valence-electron chi connectivity index (χ3n) is 4.35. The molecule has 1 heterocycles. The van der Waals surface area contributed by atoms with Gasteiger partial charge in [-0.2, -0.15) is 0 Å². The molecule has 0 amide bonds. The average Bonchev–Trinajstić information content (AvgIpc) is 2.71. The Morgan fingerprint density at radius 1 is 0.704 bits per heavy atom. The smallest absolute Gasteiger partial charge is 0.128 e. The van der Waals surface area contributed by atoms with Crippen LogP contribution in [0.25, 0.3) is 22.5 Å². The maximum absolute atomic E-state index is 5.99. The molecule has 0 aliphatic carbocycles. The lowest BCUT2D eigenvalue weighted by molar-refractivity contribution is 0.483. The molecular formula is C24H18BrNO. The lowest BCUT2D eigenvalue weighted by atomic mass is 10.0. The molecule has 27 heavy (non-hydrogen) atoms. The second-order valence-corrected chi connectivity index (χ2v) is 7.22. The Balaban J connectivity index is 1.69. The normalized spacial score (nSPS) is 10.6. The van der Waals surface area contributed by atoms with E-state index in [0.717, 1.165) is 44.0 Å². The third-order valence-corrected chi connectivity index (χ3v) is 4.88. The van der Waals surface area contributed by atoms with Crippen LogP contribution in [-0.4, -0.2) is 4.98 Å². The molecule has 3 aromatic carbocycles. The van der Waals surface area contributed by atoms with Gasteiger partial charge < -0.3 is 4.74 Å². The topological polar surface area (TPSA) is 22.1 Å². The number of rotatable bonds is 4. The first-order valence-electron chi connectivity index (χ1n) is 8.76. The van der Waals surface area contributed by atoms with Gasteiger partial charge in [0.2, 0.25) is 0 Å². The van der Waals surface area contributed by atoms with Crippen LogP contribution in [-0.2, 0) is 0 Å². The molecule has 0 atom stereocenters. The van der Waals surface area contributed by atoms with Gasteiger partial charge in [-0.25, -0.2) is 4.98 Å². The highest BCUT2D eigenvalue weighted by Gasteiger charge is 2.08. The molecule has 4 aromatic rings. The van der Waals surface area contributed by atoms with Crippen LogP contribution < -0.4 is 4.74 Å². The number of aryl methyl sites for hydroxylation is 1. The number of para-hydroxylation sites is 1. The van der Waals surface area contributed by atoms with Gasteiger partial charge in [-0.3, -0.25) is 0 Å². The van der Waals surface area contributed by atoms with E-state index in [0.29, 0.717) is 0 Å². The number of halogens is 1. The van der Waals surface area contributed by atoms with Crippen LogP contribution in [0.1, 0.15) is 5.56 Å². The summed E-state index contributed by atoms with van der Waals surface area (Å²) in [7, 11) is 0. The number of aromatic nitrogens is 1. The Hall–Kier alpha value is -2.91. The zero-order valence-electron chi connectivity index (χ0n) is 14.9. The molecule has 0 spiro atoms. The molecule has 0 fully saturated rings. The van der Waals surface area contributed by atoms with Crippen LogP contribution in [0.3, 0.4) is 0 Å². The van der Waals surface area contributed by atoms with Crippen LogP contribution in [0, 0.1) is 6.92 Å². The van der Waals surface area contributed by atoms with Crippen molar-refractivity contribution >= 4 is 15.9 Å². The molecule has 0 aliphatic heterocycles. The van der Waals surface area contributed by atoms with E-state index in [-0.39, 0.29) is 0 Å². The Bertz CT molecular complexity index is 1060. The molecule has 0 unspecified atom stereocenters. The number of ether oxygens (including phenoxy) is 1. The highest BCUT2D eigenvalue weighted by Crippen LogP contribution is 2.30. The van der Waals surface area contributed by atoms with Crippen LogP contribution in [0.5, 0.6) is 11.5 Å². The standard InChI is InChI=1S/C24H18BrNO/c1-17-10-15-21(27-20-6-3-2-4-7-20)16-22(17)24-9-5-8-23(26-24)18-11-13-19(25)14-12-18/h2-16H,1H3. The van der Waals surface area contributed by atoms with Crippen LogP contribution >= 0.6 is 15.9 Å². The summed E-state index contributed by atoms with van der Waals surface area (Å²) in [5.41, 5.74) is 5.22. The number of pyridine rings is 1. The van der Waals surface area contributed by atoms with Crippen molar-refractivity contribution < 1.29 is 4.74 Å². The average molecular weight is 416 g/mol. The van der Waals surface area contributed by atoms with E-state index in [1.165, 1.54) is 0 Å². The number of hydrogen-bond donors (Lipinski definition) is 0. The van der Waals surface area contributed by atoms with Gasteiger partial charge in [0.05, 0.1) is 11.4 Å². The van der Waals surface area contributed by atoms with Crippen molar-refractivity contribution in [1.29, 1.82) is 0 Å². The largest absolute Gasteiger partial charge is 0.457 e. The van der Waals surface area contributed by atoms with E-state index in [1.54, 1.807) is 0 Å². The summed E-state index contributed by atoms with van der Waals surface area (Å²) in [6.45, 7) is 2.09. The van der Waals surface area contributed by atoms with Crippen molar-refractivity contribution in [3.05, 3.63) is 101 Å². The third kappa shape index (κ3) is 4.09. The van der Waals surface area contributed by atoms with Gasteiger partial charge in [-0.15, -0.1) is 0 Å². The van der Waals surface area contributed by atoms with Gasteiger partial charge in [0.1, 0.15) is 11.5 Å². The molecular weight excluding hydrogens is 398 g/mol. The molecule has 0 bridgehead atoms. The molecule has 0 N–H and O–H groups in total. The number of benzene rings is 3. The summed E-state index contributed by atoms with van der Waals surface area (Å²) in [6, 6.07) is 30.2. The van der Waals surface area contributed by atoms with Gasteiger partial charge in [-0.05, 0) is 61.0 Å². The fourth-order valence-electron chi connectivity index (χ4n) is 2.93. The van der Waals surface area contributed by atoms with Gasteiger partial charge in [-0.1, -0.05) is 58.4 Å². The molecule has 0 radical (unpaired) electrons. The SMILES string of the molecule is Cc1ccc(Oc2ccccc2)cc1-c1cccc(-c2ccc(Br)cc2)n1. The van der Waals surface area contributed by atoms with Gasteiger partial charge in [0.15, 0.2) is 0 Å². The van der Waals surface area contributed by atoms with Crippen molar-refractivity contribution in [2.75, 3.05) is 0 Å². The molecule has 4 rings (SSSR count). The fourth-order valence-corrected chi connectivity index (χ4v) is 3.20. The first-order chi connectivity index (χ1) is 13.2. The Morgan fingerprint density at radius 2 is 1.44 bits per heavy atom. The van der Waals surface area contributed by atoms with E-state index in [1.807, 2.05) is 66.7 Å². The summed E-state index contributed by atoms with van der Waals surface area (Å²) in [5, 5.41) is 0. The van der Waals surface area contributed by atoms with Gasteiger partial charge >= 0.3 is 0 Å². The second kappa shape index (κ2) is 7.77. The van der Waals surface area contributed by atoms with Crippen molar-refractivity contribution in [3.8, 4) is 34.0 Å². The van der Waals surface area contributed by atoms with E-state index in [4.69, 9.17) is 9.72 Å². The van der Waals surface area contributed by atoms with E-state index >= 15 is 0 Å². The highest BCUT2D eigenvalue weighted by atomic mass is 79.9. The maximum Gasteiger partial charge on any atom is 0.128 e. The molecule has 3 heteroatoms. The van der Waals surface area contributed by atoms with Crippen LogP contribution in [0.4, 0.5) is 0 Å². The molecule has 0 saturated carbocycles. The van der Waals surface area contributed by atoms with Gasteiger partial charge in [0.25, 0.3) is 0 Å². The predicted octanol–water partition coefficient (Wildman–Crippen LogP) is 7.28. The molecule has 2 nitrogen and oxygen atoms in total. The van der Waals surface area contributed by atoms with Gasteiger partial charge in [0, 0.05) is 15.6 Å². The number of nitrogens with zero attached hydrogens (tertiary/aromatic N) is 1. The maximum atomic E-state index is 5.99. The summed E-state index contributed by atoms with van der Waals surface area (Å²) in [5.74, 6) is 1.63. The summed E-state index contributed by atoms with van der Waals surface area (Å²) >= 11 is 3.48. The van der Waals surface area contributed by atoms with Crippen molar-refractivity contribution in [2.24, 2.45) is 0 Å². The molecule has 132 valence electrons. The number of hydrogen-bond acceptors (Lipinski definition) is 2. The molecule has 1 aromatic heterocycles. The Kier molecular flexibility index (Phi) is 5.03. The molecule has 0 aliphatic rings. The monoisotopic (exact) mass is 415 g/mol.